The number of nitrogens with one attached hydrogen (secondary N) is 6. The average Bonchev–Trinajstić information content (AvgIpc) is 4.29. The van der Waals surface area contributed by atoms with E-state index in [0.29, 0.717) is 12.8 Å². The summed E-state index contributed by atoms with van der Waals surface area (Å²) in [4.78, 5) is 165. The average molecular weight is 1150 g/mol. The molecular formula is C52H76N10O19. The summed E-state index contributed by atoms with van der Waals surface area (Å²) in [5.74, 6) is -12.6. The van der Waals surface area contributed by atoms with Crippen LogP contribution in [0.25, 0.3) is 0 Å². The highest BCUT2D eigenvalue weighted by Crippen LogP contribution is 2.27. The van der Waals surface area contributed by atoms with Crippen LogP contribution in [0.1, 0.15) is 103 Å². The highest BCUT2D eigenvalue weighted by molar-refractivity contribution is 5.99. The van der Waals surface area contributed by atoms with E-state index in [1.807, 2.05) is 13.8 Å². The molecule has 14 N–H and O–H groups in total. The number of hydrogen-bond acceptors (Lipinski definition) is 17. The van der Waals surface area contributed by atoms with Crippen LogP contribution in [0.4, 0.5) is 0 Å². The van der Waals surface area contributed by atoms with Crippen molar-refractivity contribution in [3.05, 3.63) is 35.9 Å². The molecule has 13 atom stereocenters. The molecule has 4 aliphatic heterocycles. The Labute approximate surface area is 466 Å². The third kappa shape index (κ3) is 17.8. The molecule has 29 heteroatoms. The summed E-state index contributed by atoms with van der Waals surface area (Å²) in [7, 11) is 0. The highest BCUT2D eigenvalue weighted by Gasteiger charge is 2.47. The number of carboxylic acid groups (broad SMARTS) is 3. The van der Waals surface area contributed by atoms with Crippen molar-refractivity contribution in [3.8, 4) is 0 Å². The maximum atomic E-state index is 14.6. The maximum absolute atomic E-state index is 14.6. The summed E-state index contributed by atoms with van der Waals surface area (Å²) in [5, 5.41) is 75.0. The van der Waals surface area contributed by atoms with E-state index in [9.17, 15) is 88.2 Å². The SMILES string of the molecule is CC(=O)N[C@@H]1[C@@H](O)[C@@H](O)[C@@H](CO)O[C@@H]1NC(=O)C[C@H](NC(=O)[C@H](CCC(=O)O)NC(=O)[C@@H]1CCCN1C(=O)[C@@H](CC(C)C)NC(=O)[C@H](N)Cc1ccccc1)C(=O)N[C@@H](CCC(=O)O)C(=O)N1CCC[C@H]1C(=O)N1CCC[C@H]1C(=O)O. The Morgan fingerprint density at radius 2 is 1.19 bits per heavy atom. The van der Waals surface area contributed by atoms with E-state index < -0.39 is 189 Å². The van der Waals surface area contributed by atoms with Crippen molar-refractivity contribution in [1.29, 1.82) is 0 Å². The zero-order valence-electron chi connectivity index (χ0n) is 45.4. The largest absolute Gasteiger partial charge is 0.481 e. The first-order valence-electron chi connectivity index (χ1n) is 27.1. The quantitative estimate of drug-likeness (QED) is 0.0397. The van der Waals surface area contributed by atoms with E-state index in [-0.39, 0.29) is 64.1 Å². The Balaban J connectivity index is 1.43. The molecule has 0 unspecified atom stereocenters. The second-order valence-electron chi connectivity index (χ2n) is 21.2. The van der Waals surface area contributed by atoms with Gasteiger partial charge in [0.2, 0.25) is 53.2 Å². The molecule has 0 spiro atoms. The number of benzene rings is 1. The van der Waals surface area contributed by atoms with Gasteiger partial charge in [0.1, 0.15) is 66.6 Å². The van der Waals surface area contributed by atoms with Crippen LogP contribution in [0.15, 0.2) is 30.3 Å². The lowest BCUT2D eigenvalue weighted by Crippen LogP contribution is -2.68. The predicted molar refractivity (Wildman–Crippen MR) is 279 cm³/mol. The highest BCUT2D eigenvalue weighted by atomic mass is 16.5. The van der Waals surface area contributed by atoms with Gasteiger partial charge in [0.15, 0.2) is 6.23 Å². The van der Waals surface area contributed by atoms with Crippen LogP contribution in [-0.4, -0.2) is 222 Å². The van der Waals surface area contributed by atoms with Gasteiger partial charge in [-0.15, -0.1) is 0 Å². The first kappa shape index (κ1) is 64.5. The Kier molecular flexibility index (Phi) is 23.8. The number of carboxylic acids is 3. The summed E-state index contributed by atoms with van der Waals surface area (Å²) in [5.41, 5.74) is 7.02. The molecule has 9 amide bonds. The Morgan fingerprint density at radius 1 is 0.654 bits per heavy atom. The van der Waals surface area contributed by atoms with Crippen molar-refractivity contribution in [2.24, 2.45) is 11.7 Å². The van der Waals surface area contributed by atoms with Gasteiger partial charge in [0.05, 0.1) is 19.1 Å². The molecule has 1 aromatic rings. The van der Waals surface area contributed by atoms with E-state index in [1.165, 1.54) is 4.90 Å². The molecule has 4 saturated heterocycles. The van der Waals surface area contributed by atoms with Crippen LogP contribution in [-0.2, 0) is 68.7 Å². The number of likely N-dealkylation sites (tertiary alicyclic amines) is 3. The standard InChI is InChI=1S/C52H76N10O19/c1-26(2)22-33(58-44(72)29(53)23-28-10-5-4-6-11-28)50(77)60-19-7-12-34(60)47(75)55-30(15-17-39(66)67)45(73)57-32(24-38(65)59-48-41(54-27(3)64)43(71)42(70)37(25-63)81-48)46(74)56-31(16-18-40(68)69)49(76)61-20-8-13-35(61)51(78)62-21-9-14-36(62)52(79)80/h4-6,10-11,26,29-37,41-43,48,63,70-71H,7-9,12-25,53H2,1-3H3,(H,54,64)(H,55,75)(H,56,74)(H,57,73)(H,58,72)(H,59,65)(H,66,67)(H,68,69)(H,79,80)/t29-,30+,31+,32+,33-,34+,35+,36+,37-,41-,42+,43-,48+/m1/s1. The van der Waals surface area contributed by atoms with Gasteiger partial charge in [0.25, 0.3) is 0 Å². The van der Waals surface area contributed by atoms with Gasteiger partial charge in [0, 0.05) is 39.4 Å². The second kappa shape index (κ2) is 29.9. The van der Waals surface area contributed by atoms with E-state index in [1.54, 1.807) is 30.3 Å². The van der Waals surface area contributed by atoms with Crippen LogP contribution in [0.5, 0.6) is 0 Å². The smallest absolute Gasteiger partial charge is 0.326 e. The normalized spacial score (nSPS) is 24.4. The molecule has 81 heavy (non-hydrogen) atoms. The molecule has 29 nitrogen and oxygen atoms in total. The zero-order chi connectivity index (χ0) is 59.8. The number of nitrogens with two attached hydrogens (primary N) is 1. The monoisotopic (exact) mass is 1140 g/mol. The van der Waals surface area contributed by atoms with Gasteiger partial charge in [-0.25, -0.2) is 4.79 Å². The summed E-state index contributed by atoms with van der Waals surface area (Å²) in [6.45, 7) is 3.85. The summed E-state index contributed by atoms with van der Waals surface area (Å²) in [6.07, 6.45) is -9.19. The van der Waals surface area contributed by atoms with Crippen molar-refractivity contribution in [2.45, 2.75) is 183 Å². The van der Waals surface area contributed by atoms with E-state index in [2.05, 4.69) is 31.9 Å². The maximum Gasteiger partial charge on any atom is 0.326 e. The molecule has 0 aliphatic carbocycles. The van der Waals surface area contributed by atoms with Crippen LogP contribution in [0, 0.1) is 5.92 Å². The lowest BCUT2D eigenvalue weighted by Gasteiger charge is -2.42. The van der Waals surface area contributed by atoms with Gasteiger partial charge >= 0.3 is 17.9 Å². The minimum absolute atomic E-state index is 0.0402. The van der Waals surface area contributed by atoms with Crippen molar-refractivity contribution >= 4 is 71.1 Å². The molecule has 5 rings (SSSR count). The molecule has 0 saturated carbocycles. The van der Waals surface area contributed by atoms with Gasteiger partial charge < -0.3 is 87.7 Å². The lowest BCUT2D eigenvalue weighted by atomic mass is 9.95. The van der Waals surface area contributed by atoms with Crippen LogP contribution >= 0.6 is 0 Å². The number of amides is 9. The number of aliphatic carboxylic acids is 3. The second-order valence-corrected chi connectivity index (χ2v) is 21.2. The predicted octanol–water partition coefficient (Wildman–Crippen LogP) is -4.22. The summed E-state index contributed by atoms with van der Waals surface area (Å²) < 4.78 is 5.59. The topological polar surface area (TPSA) is 443 Å². The van der Waals surface area contributed by atoms with E-state index in [4.69, 9.17) is 10.5 Å². The molecule has 4 fully saturated rings. The first-order valence-corrected chi connectivity index (χ1v) is 27.1. The minimum atomic E-state index is -2.11. The number of carbonyl (C=O) groups excluding carboxylic acids is 9. The summed E-state index contributed by atoms with van der Waals surface area (Å²) in [6, 6.07) is -4.15. The fraction of sp³-hybridized carbons (Fsp3) is 0.654. The van der Waals surface area contributed by atoms with Gasteiger partial charge in [-0.1, -0.05) is 44.2 Å². The Bertz CT molecular complexity index is 2470. The van der Waals surface area contributed by atoms with Crippen molar-refractivity contribution in [3.63, 3.8) is 0 Å². The third-order valence-electron chi connectivity index (χ3n) is 14.6. The molecular weight excluding hydrogens is 1070 g/mol. The van der Waals surface area contributed by atoms with E-state index in [0.717, 1.165) is 22.3 Å². The molecule has 0 radical (unpaired) electrons. The zero-order valence-corrected chi connectivity index (χ0v) is 45.4. The minimum Gasteiger partial charge on any atom is -0.481 e. The third-order valence-corrected chi connectivity index (χ3v) is 14.6. The fourth-order valence-corrected chi connectivity index (χ4v) is 10.5. The molecule has 4 heterocycles. The van der Waals surface area contributed by atoms with Gasteiger partial charge in [-0.05, 0) is 75.7 Å². The number of ether oxygens (including phenoxy) is 1. The lowest BCUT2D eigenvalue weighted by molar-refractivity contribution is -0.203. The molecule has 1 aromatic carbocycles. The van der Waals surface area contributed by atoms with Crippen molar-refractivity contribution < 1.29 is 92.9 Å². The molecule has 4 aliphatic rings. The Morgan fingerprint density at radius 3 is 1.77 bits per heavy atom. The molecule has 0 aromatic heterocycles. The molecule has 0 bridgehead atoms. The number of aliphatic hydroxyl groups is 3. The number of hydrogen-bond donors (Lipinski definition) is 13. The molecule has 448 valence electrons. The van der Waals surface area contributed by atoms with Crippen molar-refractivity contribution in [1.82, 2.24) is 46.6 Å². The number of rotatable bonds is 27. The first-order chi connectivity index (χ1) is 38.3. The number of aliphatic hydroxyl groups excluding tert-OH is 3. The van der Waals surface area contributed by atoms with Gasteiger partial charge in [-0.2, -0.15) is 0 Å². The van der Waals surface area contributed by atoms with Crippen LogP contribution in [0.2, 0.25) is 0 Å². The number of nitrogens with zero attached hydrogens (tertiary/aromatic N) is 3. The fourth-order valence-electron chi connectivity index (χ4n) is 10.5. The number of carbonyl (C=O) groups is 12. The van der Waals surface area contributed by atoms with Gasteiger partial charge in [-0.3, -0.25) is 52.7 Å². The van der Waals surface area contributed by atoms with E-state index >= 15 is 0 Å². The Hall–Kier alpha value is -7.34. The summed E-state index contributed by atoms with van der Waals surface area (Å²) >= 11 is 0. The van der Waals surface area contributed by atoms with Crippen LogP contribution < -0.4 is 37.6 Å². The van der Waals surface area contributed by atoms with Crippen molar-refractivity contribution in [2.75, 3.05) is 26.2 Å². The van der Waals surface area contributed by atoms with Crippen LogP contribution in [0.3, 0.4) is 0 Å².